The molecule has 0 aromatic heterocycles. The van der Waals surface area contributed by atoms with Crippen LogP contribution in [-0.2, 0) is 0 Å². The molecule has 0 amide bonds. The highest BCUT2D eigenvalue weighted by molar-refractivity contribution is 5.93. The van der Waals surface area contributed by atoms with Crippen molar-refractivity contribution in [2.75, 3.05) is 13.7 Å². The van der Waals surface area contributed by atoms with Crippen LogP contribution in [0.15, 0.2) is 54.3 Å². The van der Waals surface area contributed by atoms with E-state index < -0.39 is 0 Å². The molecule has 1 N–H and O–H groups in total. The molecule has 0 aliphatic heterocycles. The third-order valence-corrected chi connectivity index (χ3v) is 3.54. The van der Waals surface area contributed by atoms with E-state index in [4.69, 9.17) is 9.84 Å². The predicted molar refractivity (Wildman–Crippen MR) is 86.0 cm³/mol. The summed E-state index contributed by atoms with van der Waals surface area (Å²) in [6.45, 7) is -0.0294. The van der Waals surface area contributed by atoms with Gasteiger partial charge in [0.15, 0.2) is 0 Å². The number of aliphatic hydroxyl groups is 1. The molecule has 0 fully saturated rings. The number of ether oxygens (including phenoxy) is 1. The largest absolute Gasteiger partial charge is 0.497 e. The lowest BCUT2D eigenvalue weighted by molar-refractivity contribution is 0.343. The molecular formula is C19H16O2. The zero-order chi connectivity index (χ0) is 14.7. The van der Waals surface area contributed by atoms with Gasteiger partial charge in [-0.3, -0.25) is 0 Å². The van der Waals surface area contributed by atoms with Crippen molar-refractivity contribution in [1.82, 2.24) is 0 Å². The van der Waals surface area contributed by atoms with Crippen LogP contribution in [0.2, 0.25) is 0 Å². The van der Waals surface area contributed by atoms with Gasteiger partial charge >= 0.3 is 0 Å². The van der Waals surface area contributed by atoms with E-state index in [1.54, 1.807) is 13.2 Å². The Hall–Kier alpha value is -2.54. The molecule has 1 aliphatic rings. The maximum atomic E-state index is 9.09. The van der Waals surface area contributed by atoms with Gasteiger partial charge in [0.05, 0.1) is 13.7 Å². The van der Waals surface area contributed by atoms with E-state index in [9.17, 15) is 0 Å². The van der Waals surface area contributed by atoms with Crippen molar-refractivity contribution in [3.63, 3.8) is 0 Å². The number of fused-ring (bicyclic) bond motifs is 2. The first-order valence-electron chi connectivity index (χ1n) is 6.85. The molecule has 104 valence electrons. The number of rotatable bonds is 2. The van der Waals surface area contributed by atoms with Crippen LogP contribution in [0.4, 0.5) is 0 Å². The molecule has 0 saturated heterocycles. The number of hydrogen-bond donors (Lipinski definition) is 1. The monoisotopic (exact) mass is 276 g/mol. The zero-order valence-corrected chi connectivity index (χ0v) is 11.8. The highest BCUT2D eigenvalue weighted by Crippen LogP contribution is 2.34. The molecule has 2 heteroatoms. The van der Waals surface area contributed by atoms with Gasteiger partial charge < -0.3 is 9.84 Å². The van der Waals surface area contributed by atoms with Crippen molar-refractivity contribution in [3.05, 3.63) is 76.5 Å². The maximum absolute atomic E-state index is 9.09. The molecule has 0 unspecified atom stereocenters. The lowest BCUT2D eigenvalue weighted by Gasteiger charge is -2.11. The Bertz CT molecular complexity index is 763. The summed E-state index contributed by atoms with van der Waals surface area (Å²) in [4.78, 5) is 0. The predicted octanol–water partition coefficient (Wildman–Crippen LogP) is 3.76. The molecule has 0 bridgehead atoms. The van der Waals surface area contributed by atoms with Gasteiger partial charge in [0, 0.05) is 11.1 Å². The summed E-state index contributed by atoms with van der Waals surface area (Å²) in [6, 6.07) is 14.2. The third kappa shape index (κ3) is 2.55. The summed E-state index contributed by atoms with van der Waals surface area (Å²) in [5.74, 6) is 0.810. The van der Waals surface area contributed by atoms with Crippen molar-refractivity contribution < 1.29 is 9.84 Å². The molecule has 1 aliphatic carbocycles. The van der Waals surface area contributed by atoms with Crippen LogP contribution in [0.25, 0.3) is 17.7 Å². The molecule has 0 heterocycles. The minimum Gasteiger partial charge on any atom is -0.497 e. The Morgan fingerprint density at radius 1 is 1.05 bits per heavy atom. The van der Waals surface area contributed by atoms with Crippen LogP contribution in [0.1, 0.15) is 22.3 Å². The fraction of sp³-hybridized carbons (Fsp3) is 0.105. The third-order valence-electron chi connectivity index (χ3n) is 3.54. The van der Waals surface area contributed by atoms with Gasteiger partial charge in [0.25, 0.3) is 0 Å². The SMILES string of the molecule is COc1ccc2c(c1)C(=C=CCO)c1ccccc1C=C2. The Labute approximate surface area is 124 Å². The Morgan fingerprint density at radius 3 is 2.57 bits per heavy atom. The summed E-state index contributed by atoms with van der Waals surface area (Å²) in [7, 11) is 1.66. The maximum Gasteiger partial charge on any atom is 0.119 e. The molecule has 2 aromatic carbocycles. The first-order valence-corrected chi connectivity index (χ1v) is 6.85. The minimum absolute atomic E-state index is 0.0294. The highest BCUT2D eigenvalue weighted by atomic mass is 16.5. The van der Waals surface area contributed by atoms with Gasteiger partial charge in [-0.25, -0.2) is 0 Å². The molecule has 0 radical (unpaired) electrons. The molecule has 3 rings (SSSR count). The molecule has 0 atom stereocenters. The number of methoxy groups -OCH3 is 1. The van der Waals surface area contributed by atoms with Crippen LogP contribution in [0.3, 0.4) is 0 Å². The molecule has 2 aromatic rings. The van der Waals surface area contributed by atoms with Crippen molar-refractivity contribution in [2.24, 2.45) is 0 Å². The Morgan fingerprint density at radius 2 is 1.81 bits per heavy atom. The molecule has 2 nitrogen and oxygen atoms in total. The van der Waals surface area contributed by atoms with Crippen LogP contribution in [-0.4, -0.2) is 18.8 Å². The van der Waals surface area contributed by atoms with Gasteiger partial charge in [-0.1, -0.05) is 42.5 Å². The lowest BCUT2D eigenvalue weighted by Crippen LogP contribution is -1.93. The van der Waals surface area contributed by atoms with Crippen molar-refractivity contribution >= 4 is 17.7 Å². The standard InChI is InChI=1S/C19H16O2/c1-21-16-11-10-15-9-8-14-5-2-3-6-17(14)18(7-4-12-20)19(15)13-16/h2-6,8-11,13,20H,12H2,1H3. The van der Waals surface area contributed by atoms with E-state index in [1.165, 1.54) is 0 Å². The van der Waals surface area contributed by atoms with Crippen LogP contribution in [0.5, 0.6) is 5.75 Å². The summed E-state index contributed by atoms with van der Waals surface area (Å²) >= 11 is 0. The van der Waals surface area contributed by atoms with E-state index in [0.29, 0.717) is 0 Å². The van der Waals surface area contributed by atoms with Crippen LogP contribution in [0, 0.1) is 0 Å². The van der Waals surface area contributed by atoms with E-state index in [2.05, 4.69) is 30.0 Å². The fourth-order valence-electron chi connectivity index (χ4n) is 2.52. The minimum atomic E-state index is -0.0294. The summed E-state index contributed by atoms with van der Waals surface area (Å²) in [6.07, 6.45) is 5.84. The first kappa shape index (κ1) is 13.4. The van der Waals surface area contributed by atoms with Gasteiger partial charge in [0.2, 0.25) is 0 Å². The summed E-state index contributed by atoms with van der Waals surface area (Å²) < 4.78 is 5.34. The van der Waals surface area contributed by atoms with Crippen molar-refractivity contribution in [1.29, 1.82) is 0 Å². The molecular weight excluding hydrogens is 260 g/mol. The van der Waals surface area contributed by atoms with E-state index >= 15 is 0 Å². The second-order valence-corrected chi connectivity index (χ2v) is 4.78. The van der Waals surface area contributed by atoms with Gasteiger partial charge in [-0.05, 0) is 34.9 Å². The average molecular weight is 276 g/mol. The van der Waals surface area contributed by atoms with Gasteiger partial charge in [0.1, 0.15) is 5.75 Å². The van der Waals surface area contributed by atoms with Gasteiger partial charge in [-0.15, -0.1) is 5.73 Å². The summed E-state index contributed by atoms with van der Waals surface area (Å²) in [5.41, 5.74) is 8.60. The second kappa shape index (κ2) is 5.84. The fourth-order valence-corrected chi connectivity index (χ4v) is 2.52. The Kier molecular flexibility index (Phi) is 3.74. The van der Waals surface area contributed by atoms with Crippen molar-refractivity contribution in [2.45, 2.75) is 0 Å². The van der Waals surface area contributed by atoms with Crippen molar-refractivity contribution in [3.8, 4) is 5.75 Å². The summed E-state index contributed by atoms with van der Waals surface area (Å²) in [5, 5.41) is 9.09. The van der Waals surface area contributed by atoms with E-state index in [-0.39, 0.29) is 6.61 Å². The first-order chi connectivity index (χ1) is 10.3. The average Bonchev–Trinajstić information content (AvgIpc) is 2.69. The topological polar surface area (TPSA) is 29.5 Å². The molecule has 0 saturated carbocycles. The quantitative estimate of drug-likeness (QED) is 0.722. The smallest absolute Gasteiger partial charge is 0.119 e. The van der Waals surface area contributed by atoms with Gasteiger partial charge in [-0.2, -0.15) is 0 Å². The normalized spacial score (nSPS) is 12.0. The lowest BCUT2D eigenvalue weighted by atomic mass is 9.94. The zero-order valence-electron chi connectivity index (χ0n) is 11.8. The Balaban J connectivity index is 2.32. The highest BCUT2D eigenvalue weighted by Gasteiger charge is 2.15. The molecule has 21 heavy (non-hydrogen) atoms. The van der Waals surface area contributed by atoms with Crippen LogP contribution < -0.4 is 4.74 Å². The number of benzene rings is 2. The number of hydrogen-bond acceptors (Lipinski definition) is 2. The second-order valence-electron chi connectivity index (χ2n) is 4.78. The van der Waals surface area contributed by atoms with E-state index in [0.717, 1.165) is 33.6 Å². The molecule has 0 spiro atoms. The van der Waals surface area contributed by atoms with E-state index in [1.807, 2.05) is 30.3 Å². The van der Waals surface area contributed by atoms with Crippen LogP contribution >= 0.6 is 0 Å². The number of aliphatic hydroxyl groups excluding tert-OH is 1.